The maximum Gasteiger partial charge on any atom is 0.416 e. The number of aliphatic hydroxyl groups is 1. The Hall–Kier alpha value is -1.23. The summed E-state index contributed by atoms with van der Waals surface area (Å²) in [6.07, 6.45) is -3.96. The molecule has 1 aromatic carbocycles. The van der Waals surface area contributed by atoms with Crippen LogP contribution in [0.3, 0.4) is 0 Å². The minimum absolute atomic E-state index is 0.0894. The molecule has 0 saturated heterocycles. The summed E-state index contributed by atoms with van der Waals surface area (Å²) in [7, 11) is 0. The van der Waals surface area contributed by atoms with Gasteiger partial charge < -0.3 is 10.0 Å². The molecule has 1 unspecified atom stereocenters. The van der Waals surface area contributed by atoms with E-state index in [1.165, 1.54) is 6.07 Å². The van der Waals surface area contributed by atoms with Crippen LogP contribution >= 0.6 is 0 Å². The van der Waals surface area contributed by atoms with Crippen LogP contribution in [0.1, 0.15) is 30.4 Å². The van der Waals surface area contributed by atoms with Gasteiger partial charge in [-0.2, -0.15) is 13.2 Å². The Morgan fingerprint density at radius 3 is 2.67 bits per heavy atom. The molecule has 0 spiro atoms. The lowest BCUT2D eigenvalue weighted by molar-refractivity contribution is -0.138. The van der Waals surface area contributed by atoms with E-state index in [9.17, 15) is 13.2 Å². The molecule has 100 valence electrons. The minimum Gasteiger partial charge on any atom is -0.396 e. The Balaban J connectivity index is 2.51. The van der Waals surface area contributed by atoms with Crippen molar-refractivity contribution in [1.29, 1.82) is 0 Å². The molecule has 0 amide bonds. The molecular weight excluding hydrogens is 243 g/mol. The number of hydrogen-bond donors (Lipinski definition) is 1. The Morgan fingerprint density at radius 2 is 2.11 bits per heavy atom. The first-order chi connectivity index (χ1) is 8.49. The highest BCUT2D eigenvalue weighted by Crippen LogP contribution is 2.45. The van der Waals surface area contributed by atoms with Crippen molar-refractivity contribution in [1.82, 2.24) is 0 Å². The van der Waals surface area contributed by atoms with Crippen LogP contribution in [0.15, 0.2) is 18.2 Å². The van der Waals surface area contributed by atoms with Crippen LogP contribution in [0.2, 0.25) is 0 Å². The number of anilines is 1. The van der Waals surface area contributed by atoms with Crippen LogP contribution in [0.4, 0.5) is 18.9 Å². The number of hydrogen-bond acceptors (Lipinski definition) is 2. The molecule has 1 N–H and O–H groups in total. The van der Waals surface area contributed by atoms with Gasteiger partial charge in [0.15, 0.2) is 0 Å². The van der Waals surface area contributed by atoms with Gasteiger partial charge in [-0.1, -0.05) is 6.07 Å². The van der Waals surface area contributed by atoms with Gasteiger partial charge in [0.1, 0.15) is 0 Å². The monoisotopic (exact) mass is 259 g/mol. The topological polar surface area (TPSA) is 23.5 Å². The lowest BCUT2D eigenvalue weighted by Crippen LogP contribution is -2.21. The number of aliphatic hydroxyl groups excluding tert-OH is 1. The van der Waals surface area contributed by atoms with Crippen molar-refractivity contribution in [2.45, 2.75) is 25.4 Å². The first-order valence-electron chi connectivity index (χ1n) is 6.05. The summed E-state index contributed by atoms with van der Waals surface area (Å²) in [6, 6.07) is 4.31. The molecule has 0 fully saturated rings. The summed E-state index contributed by atoms with van der Waals surface area (Å²) in [5.74, 6) is -0.234. The number of alkyl halides is 3. The van der Waals surface area contributed by atoms with Crippen molar-refractivity contribution in [3.8, 4) is 0 Å². The summed E-state index contributed by atoms with van der Waals surface area (Å²) >= 11 is 0. The van der Waals surface area contributed by atoms with Gasteiger partial charge in [0.2, 0.25) is 0 Å². The van der Waals surface area contributed by atoms with Crippen molar-refractivity contribution in [2.24, 2.45) is 0 Å². The Bertz CT molecular complexity index is 431. The summed E-state index contributed by atoms with van der Waals surface area (Å²) in [6.45, 7) is 3.06. The van der Waals surface area contributed by atoms with Crippen molar-refractivity contribution >= 4 is 5.69 Å². The highest BCUT2D eigenvalue weighted by molar-refractivity contribution is 5.63. The fourth-order valence-electron chi connectivity index (χ4n) is 2.65. The molecule has 2 nitrogen and oxygen atoms in total. The van der Waals surface area contributed by atoms with Gasteiger partial charge >= 0.3 is 6.18 Å². The molecule has 18 heavy (non-hydrogen) atoms. The smallest absolute Gasteiger partial charge is 0.396 e. The van der Waals surface area contributed by atoms with Crippen molar-refractivity contribution in [3.63, 3.8) is 0 Å². The van der Waals surface area contributed by atoms with Gasteiger partial charge in [0.05, 0.1) is 5.56 Å². The van der Waals surface area contributed by atoms with Gasteiger partial charge in [0.25, 0.3) is 0 Å². The van der Waals surface area contributed by atoms with Gasteiger partial charge in [-0.3, -0.25) is 0 Å². The Labute approximate surface area is 104 Å². The summed E-state index contributed by atoms with van der Waals surface area (Å²) in [5, 5.41) is 9.01. The molecule has 0 aliphatic carbocycles. The average Bonchev–Trinajstić information content (AvgIpc) is 2.67. The van der Waals surface area contributed by atoms with Gasteiger partial charge in [-0.05, 0) is 31.0 Å². The zero-order valence-corrected chi connectivity index (χ0v) is 10.2. The molecule has 1 heterocycles. The zero-order valence-electron chi connectivity index (χ0n) is 10.2. The minimum atomic E-state index is -4.33. The highest BCUT2D eigenvalue weighted by atomic mass is 19.4. The van der Waals surface area contributed by atoms with E-state index in [0.717, 1.165) is 6.07 Å². The molecule has 0 saturated carbocycles. The third-order valence-corrected chi connectivity index (χ3v) is 3.44. The van der Waals surface area contributed by atoms with E-state index in [0.29, 0.717) is 30.8 Å². The molecule has 0 radical (unpaired) electrons. The van der Waals surface area contributed by atoms with Crippen molar-refractivity contribution < 1.29 is 18.3 Å². The summed E-state index contributed by atoms with van der Waals surface area (Å²) in [5.41, 5.74) is 0.445. The highest BCUT2D eigenvalue weighted by Gasteiger charge is 2.39. The SMILES string of the molecule is CCN1CC(CCO)c2c1cccc2C(F)(F)F. The summed E-state index contributed by atoms with van der Waals surface area (Å²) in [4.78, 5) is 1.94. The van der Waals surface area contributed by atoms with Crippen LogP contribution in [-0.4, -0.2) is 24.8 Å². The van der Waals surface area contributed by atoms with Crippen LogP contribution < -0.4 is 4.90 Å². The van der Waals surface area contributed by atoms with Gasteiger partial charge in [0, 0.05) is 31.3 Å². The van der Waals surface area contributed by atoms with Crippen LogP contribution in [0.5, 0.6) is 0 Å². The van der Waals surface area contributed by atoms with Crippen LogP contribution in [0.25, 0.3) is 0 Å². The lowest BCUT2D eigenvalue weighted by atomic mass is 9.93. The molecule has 1 aromatic rings. The molecule has 0 bridgehead atoms. The van der Waals surface area contributed by atoms with E-state index in [2.05, 4.69) is 0 Å². The average molecular weight is 259 g/mol. The molecule has 1 aliphatic rings. The van der Waals surface area contributed by atoms with E-state index in [1.807, 2.05) is 11.8 Å². The number of halogens is 3. The van der Waals surface area contributed by atoms with E-state index in [1.54, 1.807) is 6.07 Å². The molecule has 5 heteroatoms. The summed E-state index contributed by atoms with van der Waals surface area (Å²) < 4.78 is 39.0. The third kappa shape index (κ3) is 2.19. The van der Waals surface area contributed by atoms with E-state index < -0.39 is 11.7 Å². The quantitative estimate of drug-likeness (QED) is 0.902. The molecule has 1 aliphatic heterocycles. The fraction of sp³-hybridized carbons (Fsp3) is 0.538. The van der Waals surface area contributed by atoms with Crippen LogP contribution in [0, 0.1) is 0 Å². The maximum atomic E-state index is 13.0. The number of rotatable bonds is 3. The maximum absolute atomic E-state index is 13.0. The van der Waals surface area contributed by atoms with Gasteiger partial charge in [-0.15, -0.1) is 0 Å². The predicted octanol–water partition coefficient (Wildman–Crippen LogP) is 3.01. The number of nitrogens with zero attached hydrogens (tertiary/aromatic N) is 1. The molecule has 1 atom stereocenters. The second-order valence-electron chi connectivity index (χ2n) is 4.48. The molecular formula is C13H16F3NO. The number of fused-ring (bicyclic) bond motifs is 1. The first-order valence-corrected chi connectivity index (χ1v) is 6.05. The first kappa shape index (κ1) is 13.2. The van der Waals surface area contributed by atoms with Gasteiger partial charge in [-0.25, -0.2) is 0 Å². The standard InChI is InChI=1S/C13H16F3NO/c1-2-17-8-9(6-7-18)12-10(13(14,15)16)4-3-5-11(12)17/h3-5,9,18H,2,6-8H2,1H3. The largest absolute Gasteiger partial charge is 0.416 e. The third-order valence-electron chi connectivity index (χ3n) is 3.44. The number of benzene rings is 1. The lowest BCUT2D eigenvalue weighted by Gasteiger charge is -2.17. The molecule has 2 rings (SSSR count). The number of likely N-dealkylation sites (N-methyl/N-ethyl adjacent to an activating group) is 1. The Kier molecular flexibility index (Phi) is 3.52. The second-order valence-corrected chi connectivity index (χ2v) is 4.48. The van der Waals surface area contributed by atoms with Crippen molar-refractivity contribution in [2.75, 3.05) is 24.6 Å². The zero-order chi connectivity index (χ0) is 13.3. The van der Waals surface area contributed by atoms with E-state index >= 15 is 0 Å². The second kappa shape index (κ2) is 4.80. The van der Waals surface area contributed by atoms with E-state index in [4.69, 9.17) is 5.11 Å². The van der Waals surface area contributed by atoms with Crippen LogP contribution in [-0.2, 0) is 6.18 Å². The Morgan fingerprint density at radius 1 is 1.39 bits per heavy atom. The van der Waals surface area contributed by atoms with Crippen molar-refractivity contribution in [3.05, 3.63) is 29.3 Å². The van der Waals surface area contributed by atoms with E-state index in [-0.39, 0.29) is 12.5 Å². The molecule has 0 aromatic heterocycles. The predicted molar refractivity (Wildman–Crippen MR) is 63.8 cm³/mol. The fourth-order valence-corrected chi connectivity index (χ4v) is 2.65. The normalized spacial score (nSPS) is 19.2.